The second-order valence-corrected chi connectivity index (χ2v) is 9.04. The van der Waals surface area contributed by atoms with Crippen LogP contribution in [0.25, 0.3) is 17.1 Å². The smallest absolute Gasteiger partial charge is 0.246 e. The van der Waals surface area contributed by atoms with Gasteiger partial charge in [0.25, 0.3) is 0 Å². The summed E-state index contributed by atoms with van der Waals surface area (Å²) in [5.41, 5.74) is 5.87. The van der Waals surface area contributed by atoms with E-state index in [9.17, 15) is 4.79 Å². The van der Waals surface area contributed by atoms with Crippen molar-refractivity contribution in [1.29, 1.82) is 0 Å². The minimum atomic E-state index is -0.170. The van der Waals surface area contributed by atoms with Crippen LogP contribution in [-0.2, 0) is 11.3 Å². The fraction of sp³-hybridized carbons (Fsp3) is 0.160. The van der Waals surface area contributed by atoms with Gasteiger partial charge in [-0.25, -0.2) is 4.68 Å². The fourth-order valence-electron chi connectivity index (χ4n) is 3.80. The maximum atomic E-state index is 12.9. The summed E-state index contributed by atoms with van der Waals surface area (Å²) < 4.78 is 4.91. The van der Waals surface area contributed by atoms with Crippen molar-refractivity contribution in [3.63, 3.8) is 0 Å². The Kier molecular flexibility index (Phi) is 6.39. The summed E-state index contributed by atoms with van der Waals surface area (Å²) in [4.78, 5) is 12.9. The van der Waals surface area contributed by atoms with Gasteiger partial charge in [0.1, 0.15) is 6.54 Å². The van der Waals surface area contributed by atoms with Crippen LogP contribution in [-0.4, -0.2) is 20.3 Å². The lowest BCUT2D eigenvalue weighted by molar-refractivity contribution is -0.116. The molecular formula is C25H23BrN4OS. The highest BCUT2D eigenvalue weighted by Crippen LogP contribution is 2.25. The van der Waals surface area contributed by atoms with Crippen LogP contribution in [0.1, 0.15) is 16.7 Å². The zero-order valence-corrected chi connectivity index (χ0v) is 20.5. The van der Waals surface area contributed by atoms with Gasteiger partial charge in [0, 0.05) is 21.4 Å². The van der Waals surface area contributed by atoms with Crippen molar-refractivity contribution in [1.82, 2.24) is 14.3 Å². The van der Waals surface area contributed by atoms with Crippen molar-refractivity contribution >= 4 is 39.7 Å². The zero-order chi connectivity index (χ0) is 22.8. The van der Waals surface area contributed by atoms with E-state index in [1.54, 1.807) is 4.68 Å². The molecular weight excluding hydrogens is 484 g/mol. The first kappa shape index (κ1) is 22.2. The van der Waals surface area contributed by atoms with Gasteiger partial charge < -0.3 is 5.32 Å². The number of carbonyl (C=O) groups excluding carboxylic acids is 1. The maximum Gasteiger partial charge on any atom is 0.246 e. The molecule has 162 valence electrons. The van der Waals surface area contributed by atoms with Gasteiger partial charge in [-0.05, 0) is 68.4 Å². The van der Waals surface area contributed by atoms with E-state index in [1.807, 2.05) is 79.9 Å². The number of nitrogens with zero attached hydrogens (tertiary/aromatic N) is 3. The first-order valence-corrected chi connectivity index (χ1v) is 11.4. The number of hydrogen-bond donors (Lipinski definition) is 1. The van der Waals surface area contributed by atoms with Gasteiger partial charge in [-0.3, -0.25) is 9.36 Å². The van der Waals surface area contributed by atoms with Gasteiger partial charge in [-0.1, -0.05) is 64.0 Å². The van der Waals surface area contributed by atoms with Crippen LogP contribution in [0.3, 0.4) is 0 Å². The number of rotatable bonds is 5. The molecule has 7 heteroatoms. The first-order valence-electron chi connectivity index (χ1n) is 10.2. The van der Waals surface area contributed by atoms with E-state index < -0.39 is 0 Å². The Morgan fingerprint density at radius 1 is 1.00 bits per heavy atom. The molecule has 0 aliphatic heterocycles. The molecule has 1 aromatic heterocycles. The van der Waals surface area contributed by atoms with Crippen molar-refractivity contribution < 1.29 is 4.79 Å². The number of para-hydroxylation sites is 1. The molecule has 1 heterocycles. The predicted octanol–water partition coefficient (Wildman–Crippen LogP) is 6.40. The molecule has 1 N–H and O–H groups in total. The zero-order valence-electron chi connectivity index (χ0n) is 18.1. The van der Waals surface area contributed by atoms with Crippen LogP contribution < -0.4 is 5.32 Å². The number of amides is 1. The number of benzene rings is 3. The minimum Gasteiger partial charge on any atom is -0.324 e. The van der Waals surface area contributed by atoms with E-state index in [1.165, 1.54) is 5.56 Å². The Morgan fingerprint density at radius 2 is 1.62 bits per heavy atom. The topological polar surface area (TPSA) is 51.9 Å². The Bertz CT molecular complexity index is 1320. The number of anilines is 1. The summed E-state index contributed by atoms with van der Waals surface area (Å²) in [6.07, 6.45) is 0. The summed E-state index contributed by atoms with van der Waals surface area (Å²) in [7, 11) is 0. The van der Waals surface area contributed by atoms with Crippen molar-refractivity contribution in [3.05, 3.63) is 92.7 Å². The lowest BCUT2D eigenvalue weighted by Gasteiger charge is -2.12. The van der Waals surface area contributed by atoms with Gasteiger partial charge in [0.2, 0.25) is 10.7 Å². The van der Waals surface area contributed by atoms with Gasteiger partial charge in [0.15, 0.2) is 5.82 Å². The molecule has 4 aromatic rings. The van der Waals surface area contributed by atoms with E-state index in [4.69, 9.17) is 17.3 Å². The second-order valence-electron chi connectivity index (χ2n) is 7.76. The van der Waals surface area contributed by atoms with E-state index in [2.05, 4.69) is 33.4 Å². The highest BCUT2D eigenvalue weighted by molar-refractivity contribution is 9.10. The minimum absolute atomic E-state index is 0.0228. The molecule has 0 bridgehead atoms. The molecule has 4 rings (SSSR count). The van der Waals surface area contributed by atoms with Gasteiger partial charge >= 0.3 is 0 Å². The highest BCUT2D eigenvalue weighted by atomic mass is 79.9. The number of halogens is 1. The summed E-state index contributed by atoms with van der Waals surface area (Å²) in [6.45, 7) is 6.06. The predicted molar refractivity (Wildman–Crippen MR) is 135 cm³/mol. The van der Waals surface area contributed by atoms with Crippen LogP contribution in [0.4, 0.5) is 5.69 Å². The van der Waals surface area contributed by atoms with Crippen molar-refractivity contribution in [3.8, 4) is 17.1 Å². The molecule has 0 fully saturated rings. The average Bonchev–Trinajstić information content (AvgIpc) is 3.07. The summed E-state index contributed by atoms with van der Waals surface area (Å²) >= 11 is 9.22. The molecule has 0 spiro atoms. The Balaban J connectivity index is 1.71. The van der Waals surface area contributed by atoms with E-state index in [-0.39, 0.29) is 12.5 Å². The lowest BCUT2D eigenvalue weighted by atomic mass is 10.1. The van der Waals surface area contributed by atoms with Crippen LogP contribution in [0.2, 0.25) is 0 Å². The first-order chi connectivity index (χ1) is 15.3. The third-order valence-corrected chi connectivity index (χ3v) is 6.11. The maximum absolute atomic E-state index is 12.9. The number of aryl methyl sites for hydroxylation is 3. The fourth-order valence-corrected chi connectivity index (χ4v) is 4.36. The van der Waals surface area contributed by atoms with E-state index in [0.29, 0.717) is 10.6 Å². The Morgan fingerprint density at radius 3 is 2.25 bits per heavy atom. The van der Waals surface area contributed by atoms with Gasteiger partial charge in [0.05, 0.1) is 0 Å². The molecule has 0 atom stereocenters. The standard InChI is InChI=1S/C25H23BrN4OS/c1-16-13-17(2)23(18(3)14-16)27-22(31)15-29-25(32)30(21-7-5-4-6-8-21)24(28-29)19-9-11-20(26)12-10-19/h4-14H,15H2,1-3H3,(H,27,31). The molecule has 3 aromatic carbocycles. The SMILES string of the molecule is Cc1cc(C)c(NC(=O)Cn2nc(-c3ccc(Br)cc3)n(-c3ccccc3)c2=S)c(C)c1. The summed E-state index contributed by atoms with van der Waals surface area (Å²) in [6, 6.07) is 21.8. The number of aromatic nitrogens is 3. The van der Waals surface area contributed by atoms with Crippen LogP contribution in [0.15, 0.2) is 71.2 Å². The third-order valence-electron chi connectivity index (χ3n) is 5.19. The summed E-state index contributed by atoms with van der Waals surface area (Å²) in [5, 5.41) is 7.76. The lowest BCUT2D eigenvalue weighted by Crippen LogP contribution is -2.21. The second kappa shape index (κ2) is 9.22. The largest absolute Gasteiger partial charge is 0.324 e. The van der Waals surface area contributed by atoms with Gasteiger partial charge in [-0.15, -0.1) is 0 Å². The normalized spacial score (nSPS) is 10.9. The number of hydrogen-bond acceptors (Lipinski definition) is 3. The monoisotopic (exact) mass is 506 g/mol. The third kappa shape index (κ3) is 4.59. The molecule has 32 heavy (non-hydrogen) atoms. The summed E-state index contributed by atoms with van der Waals surface area (Å²) in [5.74, 6) is 0.514. The number of carbonyl (C=O) groups is 1. The van der Waals surface area contributed by atoms with Gasteiger partial charge in [-0.2, -0.15) is 5.10 Å². The van der Waals surface area contributed by atoms with Crippen molar-refractivity contribution in [2.24, 2.45) is 0 Å². The molecule has 5 nitrogen and oxygen atoms in total. The average molecular weight is 507 g/mol. The molecule has 0 unspecified atom stereocenters. The Hall–Kier alpha value is -3.03. The Labute approximate surface area is 200 Å². The molecule has 0 aliphatic carbocycles. The molecule has 0 saturated carbocycles. The quantitative estimate of drug-likeness (QED) is 0.318. The van der Waals surface area contributed by atoms with Crippen LogP contribution in [0.5, 0.6) is 0 Å². The van der Waals surface area contributed by atoms with Crippen LogP contribution in [0, 0.1) is 25.5 Å². The van der Waals surface area contributed by atoms with Crippen molar-refractivity contribution in [2.45, 2.75) is 27.3 Å². The van der Waals surface area contributed by atoms with Crippen LogP contribution >= 0.6 is 28.1 Å². The molecule has 0 aliphatic rings. The molecule has 0 saturated heterocycles. The highest BCUT2D eigenvalue weighted by Gasteiger charge is 2.17. The molecule has 1 amide bonds. The molecule has 0 radical (unpaired) electrons. The van der Waals surface area contributed by atoms with E-state index in [0.717, 1.165) is 32.5 Å². The van der Waals surface area contributed by atoms with Crippen molar-refractivity contribution in [2.75, 3.05) is 5.32 Å². The van der Waals surface area contributed by atoms with E-state index >= 15 is 0 Å². The number of nitrogens with one attached hydrogen (secondary N) is 1.